The van der Waals surface area contributed by atoms with Crippen LogP contribution in [0.3, 0.4) is 0 Å². The highest BCUT2D eigenvalue weighted by Crippen LogP contribution is 2.47. The Hall–Kier alpha value is -0.570. The highest BCUT2D eigenvalue weighted by atomic mass is 16.5. The van der Waals surface area contributed by atoms with Crippen molar-refractivity contribution in [2.45, 2.75) is 31.7 Å². The fourth-order valence-corrected chi connectivity index (χ4v) is 3.11. The van der Waals surface area contributed by atoms with Crippen molar-refractivity contribution in [3.63, 3.8) is 0 Å². The maximum atomic E-state index is 11.4. The molecule has 2 N–H and O–H groups in total. The van der Waals surface area contributed by atoms with Gasteiger partial charge in [0.1, 0.15) is 0 Å². The number of fused-ring (bicyclic) bond motifs is 1. The van der Waals surface area contributed by atoms with E-state index in [2.05, 4.69) is 0 Å². The molecule has 74 valence electrons. The Labute approximate surface area is 78.6 Å². The van der Waals surface area contributed by atoms with Gasteiger partial charge in [0.05, 0.1) is 13.0 Å². The van der Waals surface area contributed by atoms with Gasteiger partial charge in [-0.3, -0.25) is 4.79 Å². The lowest BCUT2D eigenvalue weighted by Gasteiger charge is -2.15. The topological polar surface area (TPSA) is 52.3 Å². The lowest BCUT2D eigenvalue weighted by molar-refractivity contribution is -0.146. The summed E-state index contributed by atoms with van der Waals surface area (Å²) in [6.07, 6.45) is 4.44. The van der Waals surface area contributed by atoms with Crippen LogP contribution in [-0.4, -0.2) is 19.1 Å². The van der Waals surface area contributed by atoms with Gasteiger partial charge in [-0.05, 0) is 31.1 Å². The Balaban J connectivity index is 2.10. The number of hydrogen-bond donors (Lipinski definition) is 1. The Kier molecular flexibility index (Phi) is 2.28. The second-order valence-corrected chi connectivity index (χ2v) is 4.29. The van der Waals surface area contributed by atoms with Crippen molar-refractivity contribution in [3.8, 4) is 0 Å². The van der Waals surface area contributed by atoms with E-state index in [-0.39, 0.29) is 17.9 Å². The molecule has 2 aliphatic carbocycles. The number of carbonyl (C=O) groups excluding carboxylic acids is 1. The first-order chi connectivity index (χ1) is 6.24. The molecule has 2 aliphatic rings. The van der Waals surface area contributed by atoms with Crippen molar-refractivity contribution in [1.82, 2.24) is 0 Å². The number of hydrogen-bond acceptors (Lipinski definition) is 3. The molecule has 2 saturated carbocycles. The molecule has 0 aromatic heterocycles. The van der Waals surface area contributed by atoms with Gasteiger partial charge in [-0.25, -0.2) is 0 Å². The molecule has 2 fully saturated rings. The lowest BCUT2D eigenvalue weighted by atomic mass is 9.92. The van der Waals surface area contributed by atoms with Crippen LogP contribution in [0.4, 0.5) is 0 Å². The van der Waals surface area contributed by atoms with Crippen LogP contribution in [0.1, 0.15) is 25.7 Å². The Morgan fingerprint density at radius 2 is 2.08 bits per heavy atom. The summed E-state index contributed by atoms with van der Waals surface area (Å²) in [5, 5.41) is 0. The highest BCUT2D eigenvalue weighted by Gasteiger charge is 2.47. The third-order valence-corrected chi connectivity index (χ3v) is 3.72. The zero-order chi connectivity index (χ0) is 9.42. The van der Waals surface area contributed by atoms with Gasteiger partial charge in [-0.1, -0.05) is 6.42 Å². The molecule has 0 radical (unpaired) electrons. The van der Waals surface area contributed by atoms with Crippen molar-refractivity contribution in [2.24, 2.45) is 23.5 Å². The third kappa shape index (κ3) is 1.35. The summed E-state index contributed by atoms with van der Waals surface area (Å²) in [4.78, 5) is 11.4. The van der Waals surface area contributed by atoms with E-state index < -0.39 is 0 Å². The van der Waals surface area contributed by atoms with Crippen LogP contribution in [0.2, 0.25) is 0 Å². The number of esters is 1. The summed E-state index contributed by atoms with van der Waals surface area (Å²) in [5.74, 6) is 1.14. The number of nitrogens with two attached hydrogens (primary N) is 1. The normalized spacial score (nSPS) is 43.2. The smallest absolute Gasteiger partial charge is 0.309 e. The Morgan fingerprint density at radius 3 is 2.77 bits per heavy atom. The van der Waals surface area contributed by atoms with Gasteiger partial charge < -0.3 is 10.5 Å². The number of carbonyl (C=O) groups is 1. The summed E-state index contributed by atoms with van der Waals surface area (Å²) in [5.41, 5.74) is 6.00. The first kappa shape index (κ1) is 9.00. The molecule has 3 heteroatoms. The second kappa shape index (κ2) is 3.29. The molecule has 3 nitrogen and oxygen atoms in total. The van der Waals surface area contributed by atoms with Crippen molar-refractivity contribution >= 4 is 5.97 Å². The van der Waals surface area contributed by atoms with Gasteiger partial charge in [0, 0.05) is 6.04 Å². The molecular weight excluding hydrogens is 166 g/mol. The molecule has 0 aromatic rings. The van der Waals surface area contributed by atoms with Crippen LogP contribution in [0.25, 0.3) is 0 Å². The van der Waals surface area contributed by atoms with E-state index in [1.165, 1.54) is 20.0 Å². The Morgan fingerprint density at radius 1 is 1.38 bits per heavy atom. The predicted octanol–water partition coefficient (Wildman–Crippen LogP) is 0.923. The molecule has 0 aromatic carbocycles. The maximum Gasteiger partial charge on any atom is 0.309 e. The summed E-state index contributed by atoms with van der Waals surface area (Å²) < 4.78 is 4.80. The van der Waals surface area contributed by atoms with E-state index in [4.69, 9.17) is 10.5 Å². The summed E-state index contributed by atoms with van der Waals surface area (Å²) in [6, 6.07) is 0.233. The molecule has 4 atom stereocenters. The fourth-order valence-electron chi connectivity index (χ4n) is 3.11. The van der Waals surface area contributed by atoms with Crippen LogP contribution in [0.5, 0.6) is 0 Å². The largest absolute Gasteiger partial charge is 0.469 e. The van der Waals surface area contributed by atoms with E-state index >= 15 is 0 Å². The molecule has 0 bridgehead atoms. The van der Waals surface area contributed by atoms with Gasteiger partial charge in [-0.2, -0.15) is 0 Å². The van der Waals surface area contributed by atoms with Gasteiger partial charge in [-0.15, -0.1) is 0 Å². The van der Waals surface area contributed by atoms with Crippen LogP contribution < -0.4 is 5.73 Å². The highest BCUT2D eigenvalue weighted by molar-refractivity contribution is 5.73. The summed E-state index contributed by atoms with van der Waals surface area (Å²) >= 11 is 0. The van der Waals surface area contributed by atoms with E-state index in [0.29, 0.717) is 11.8 Å². The molecule has 0 heterocycles. The molecule has 0 saturated heterocycles. The lowest BCUT2D eigenvalue weighted by Crippen LogP contribution is -2.24. The van der Waals surface area contributed by atoms with E-state index in [9.17, 15) is 4.79 Å². The maximum absolute atomic E-state index is 11.4. The third-order valence-electron chi connectivity index (χ3n) is 3.72. The summed E-state index contributed by atoms with van der Waals surface area (Å²) in [6.45, 7) is 0. The first-order valence-corrected chi connectivity index (χ1v) is 5.07. The van der Waals surface area contributed by atoms with Crippen LogP contribution in [-0.2, 0) is 9.53 Å². The number of rotatable bonds is 1. The monoisotopic (exact) mass is 183 g/mol. The van der Waals surface area contributed by atoms with Crippen molar-refractivity contribution in [1.29, 1.82) is 0 Å². The average Bonchev–Trinajstić information content (AvgIpc) is 2.68. The van der Waals surface area contributed by atoms with Gasteiger partial charge >= 0.3 is 5.97 Å². The minimum atomic E-state index is -0.0511. The minimum Gasteiger partial charge on any atom is -0.469 e. The minimum absolute atomic E-state index is 0.0511. The molecule has 2 rings (SSSR count). The molecule has 13 heavy (non-hydrogen) atoms. The fraction of sp³-hybridized carbons (Fsp3) is 0.900. The number of ether oxygens (including phenoxy) is 1. The molecule has 0 aliphatic heterocycles. The van der Waals surface area contributed by atoms with Crippen molar-refractivity contribution < 1.29 is 9.53 Å². The zero-order valence-electron chi connectivity index (χ0n) is 8.03. The summed E-state index contributed by atoms with van der Waals surface area (Å²) in [7, 11) is 1.47. The van der Waals surface area contributed by atoms with Gasteiger partial charge in [0.15, 0.2) is 0 Å². The van der Waals surface area contributed by atoms with Crippen LogP contribution in [0, 0.1) is 17.8 Å². The van der Waals surface area contributed by atoms with E-state index in [0.717, 1.165) is 12.8 Å². The standard InChI is InChI=1S/C10H17NO2/c1-13-10(12)8-5-9(11)7-4-2-3-6(7)8/h6-9H,2-5,11H2,1H3. The quantitative estimate of drug-likeness (QED) is 0.615. The molecule has 4 unspecified atom stereocenters. The second-order valence-electron chi connectivity index (χ2n) is 4.29. The van der Waals surface area contributed by atoms with E-state index in [1.54, 1.807) is 0 Å². The van der Waals surface area contributed by atoms with Crippen LogP contribution >= 0.6 is 0 Å². The molecule has 0 amide bonds. The van der Waals surface area contributed by atoms with Crippen LogP contribution in [0.15, 0.2) is 0 Å². The van der Waals surface area contributed by atoms with E-state index in [1.807, 2.05) is 0 Å². The molecule has 0 spiro atoms. The average molecular weight is 183 g/mol. The van der Waals surface area contributed by atoms with Gasteiger partial charge in [0.2, 0.25) is 0 Å². The van der Waals surface area contributed by atoms with Gasteiger partial charge in [0.25, 0.3) is 0 Å². The zero-order valence-corrected chi connectivity index (χ0v) is 8.03. The van der Waals surface area contributed by atoms with Crippen molar-refractivity contribution in [3.05, 3.63) is 0 Å². The molecular formula is C10H17NO2. The number of methoxy groups -OCH3 is 1. The first-order valence-electron chi connectivity index (χ1n) is 5.07. The SMILES string of the molecule is COC(=O)C1CC(N)C2CCCC12. The van der Waals surface area contributed by atoms with Crippen molar-refractivity contribution in [2.75, 3.05) is 7.11 Å². The Bertz CT molecular complexity index is 217. The predicted molar refractivity (Wildman–Crippen MR) is 48.9 cm³/mol.